The van der Waals surface area contributed by atoms with Gasteiger partial charge in [0.25, 0.3) is 0 Å². The van der Waals surface area contributed by atoms with Crippen LogP contribution in [0.4, 0.5) is 9.18 Å². The summed E-state index contributed by atoms with van der Waals surface area (Å²) in [6, 6.07) is 14.0. The summed E-state index contributed by atoms with van der Waals surface area (Å²) < 4.78 is 13.3. The molecule has 0 aliphatic carbocycles. The predicted molar refractivity (Wildman–Crippen MR) is 143 cm³/mol. The quantitative estimate of drug-likeness (QED) is 0.533. The van der Waals surface area contributed by atoms with E-state index in [2.05, 4.69) is 29.4 Å². The molecule has 2 N–H and O–H groups in total. The van der Waals surface area contributed by atoms with Crippen LogP contribution in [0.1, 0.15) is 58.1 Å². The number of amides is 3. The molecule has 196 valence electrons. The highest BCUT2D eigenvalue weighted by molar-refractivity contribution is 6.30. The molecule has 1 saturated heterocycles. The Morgan fingerprint density at radius 3 is 2.28 bits per heavy atom. The van der Waals surface area contributed by atoms with Gasteiger partial charge in [0.1, 0.15) is 5.82 Å². The Morgan fingerprint density at radius 2 is 1.67 bits per heavy atom. The Hall–Kier alpha value is -2.64. The van der Waals surface area contributed by atoms with E-state index in [1.807, 2.05) is 62.1 Å². The Kier molecular flexibility index (Phi) is 9.36. The summed E-state index contributed by atoms with van der Waals surface area (Å²) in [5, 5.41) is 6.46. The van der Waals surface area contributed by atoms with E-state index in [-0.39, 0.29) is 47.7 Å². The highest BCUT2D eigenvalue weighted by Gasteiger charge is 2.33. The summed E-state index contributed by atoms with van der Waals surface area (Å²) in [6.45, 7) is 12.4. The first-order chi connectivity index (χ1) is 16.9. The highest BCUT2D eigenvalue weighted by atomic mass is 35.5. The molecule has 36 heavy (non-hydrogen) atoms. The van der Waals surface area contributed by atoms with Crippen LogP contribution < -0.4 is 10.6 Å². The van der Waals surface area contributed by atoms with E-state index in [9.17, 15) is 14.0 Å². The second-order valence-electron chi connectivity index (χ2n) is 10.8. The van der Waals surface area contributed by atoms with Crippen molar-refractivity contribution in [2.24, 2.45) is 0 Å². The average Bonchev–Trinajstić information content (AvgIpc) is 2.79. The molecule has 1 unspecified atom stereocenters. The number of carbonyl (C=O) groups is 2. The minimum atomic E-state index is -0.352. The van der Waals surface area contributed by atoms with Crippen molar-refractivity contribution >= 4 is 23.5 Å². The van der Waals surface area contributed by atoms with Crippen molar-refractivity contribution < 1.29 is 14.0 Å². The van der Waals surface area contributed by atoms with E-state index in [1.54, 1.807) is 0 Å². The van der Waals surface area contributed by atoms with Gasteiger partial charge in [-0.1, -0.05) is 35.9 Å². The number of hydrogen-bond acceptors (Lipinski definition) is 3. The van der Waals surface area contributed by atoms with E-state index in [0.29, 0.717) is 24.7 Å². The summed E-state index contributed by atoms with van der Waals surface area (Å²) in [6.07, 6.45) is 0.284. The van der Waals surface area contributed by atoms with Gasteiger partial charge in [-0.15, -0.1) is 0 Å². The molecular weight excluding hydrogens is 479 g/mol. The molecule has 3 amide bonds. The van der Waals surface area contributed by atoms with Crippen molar-refractivity contribution in [3.63, 3.8) is 0 Å². The van der Waals surface area contributed by atoms with E-state index in [0.717, 1.165) is 17.7 Å². The van der Waals surface area contributed by atoms with Gasteiger partial charge in [0.05, 0.1) is 0 Å². The average molecular weight is 517 g/mol. The maximum absolute atomic E-state index is 13.5. The molecule has 8 heteroatoms. The molecule has 6 nitrogen and oxygen atoms in total. The summed E-state index contributed by atoms with van der Waals surface area (Å²) >= 11 is 6.08. The first kappa shape index (κ1) is 27.9. The molecule has 1 aliphatic rings. The zero-order valence-corrected chi connectivity index (χ0v) is 22.6. The molecule has 0 spiro atoms. The monoisotopic (exact) mass is 516 g/mol. The van der Waals surface area contributed by atoms with Crippen molar-refractivity contribution in [2.45, 2.75) is 71.1 Å². The number of nitrogens with zero attached hydrogens (tertiary/aromatic N) is 2. The van der Waals surface area contributed by atoms with Gasteiger partial charge in [0.2, 0.25) is 5.91 Å². The van der Waals surface area contributed by atoms with Crippen LogP contribution >= 0.6 is 11.6 Å². The zero-order chi connectivity index (χ0) is 26.5. The lowest BCUT2D eigenvalue weighted by atomic mass is 9.94. The van der Waals surface area contributed by atoms with E-state index < -0.39 is 0 Å². The lowest BCUT2D eigenvalue weighted by Gasteiger charge is -2.44. The SMILES string of the molecule is C[C@@H]1CN(C(=O)CC(CNC(=O)NC(C)(C)C)c2ccc(Cl)cc2)[C@@H](C)CN1Cc1ccc(F)cc1. The fraction of sp³-hybridized carbons (Fsp3) is 0.500. The number of rotatable bonds is 7. The fourth-order valence-electron chi connectivity index (χ4n) is 4.56. The van der Waals surface area contributed by atoms with Crippen LogP contribution in [0.5, 0.6) is 0 Å². The van der Waals surface area contributed by atoms with Crippen molar-refractivity contribution in [2.75, 3.05) is 19.6 Å². The minimum absolute atomic E-state index is 0.0390. The molecule has 1 aliphatic heterocycles. The first-order valence-corrected chi connectivity index (χ1v) is 12.9. The van der Waals surface area contributed by atoms with Crippen LogP contribution in [-0.4, -0.2) is 59.0 Å². The highest BCUT2D eigenvalue weighted by Crippen LogP contribution is 2.25. The Morgan fingerprint density at radius 1 is 1.03 bits per heavy atom. The molecule has 0 saturated carbocycles. The van der Waals surface area contributed by atoms with Crippen LogP contribution in [0.3, 0.4) is 0 Å². The third kappa shape index (κ3) is 8.20. The lowest BCUT2D eigenvalue weighted by Crippen LogP contribution is -2.57. The number of benzene rings is 2. The van der Waals surface area contributed by atoms with Crippen LogP contribution in [0.25, 0.3) is 0 Å². The number of urea groups is 1. The molecule has 0 radical (unpaired) electrons. The number of halogens is 2. The topological polar surface area (TPSA) is 64.7 Å². The normalized spacial score (nSPS) is 19.6. The lowest BCUT2D eigenvalue weighted by molar-refractivity contribution is -0.137. The molecule has 0 aromatic heterocycles. The Labute approximate surface area is 219 Å². The second kappa shape index (κ2) is 12.1. The van der Waals surface area contributed by atoms with Gasteiger partial charge >= 0.3 is 6.03 Å². The fourth-order valence-corrected chi connectivity index (χ4v) is 4.69. The van der Waals surface area contributed by atoms with Gasteiger partial charge in [-0.3, -0.25) is 9.69 Å². The maximum Gasteiger partial charge on any atom is 0.315 e. The van der Waals surface area contributed by atoms with Gasteiger partial charge in [-0.05, 0) is 70.0 Å². The molecule has 1 fully saturated rings. The minimum Gasteiger partial charge on any atom is -0.338 e. The third-order valence-electron chi connectivity index (χ3n) is 6.49. The van der Waals surface area contributed by atoms with Gasteiger partial charge in [0.15, 0.2) is 0 Å². The number of hydrogen-bond donors (Lipinski definition) is 2. The van der Waals surface area contributed by atoms with Crippen LogP contribution in [-0.2, 0) is 11.3 Å². The Bertz CT molecular complexity index is 1020. The molecule has 2 aromatic rings. The summed E-state index contributed by atoms with van der Waals surface area (Å²) in [5.74, 6) is -0.356. The number of carbonyl (C=O) groups excluding carboxylic acids is 2. The van der Waals surface area contributed by atoms with Crippen molar-refractivity contribution in [3.8, 4) is 0 Å². The summed E-state index contributed by atoms with van der Waals surface area (Å²) in [4.78, 5) is 30.1. The standard InChI is InChI=1S/C28H38ClFN4O2/c1-19-17-34(20(2)16-33(19)18-21-6-12-25(30)13-7-21)26(35)14-23(22-8-10-24(29)11-9-22)15-31-27(36)32-28(3,4)5/h6-13,19-20,23H,14-18H2,1-5H3,(H2,31,32,36)/t19-,20+,23?/m1/s1. The summed E-state index contributed by atoms with van der Waals surface area (Å²) in [5.41, 5.74) is 1.66. The number of piperazine rings is 1. The summed E-state index contributed by atoms with van der Waals surface area (Å²) in [7, 11) is 0. The smallest absolute Gasteiger partial charge is 0.315 e. The van der Waals surface area contributed by atoms with E-state index in [4.69, 9.17) is 11.6 Å². The maximum atomic E-state index is 13.5. The molecule has 3 rings (SSSR count). The van der Waals surface area contributed by atoms with Gasteiger partial charge in [-0.2, -0.15) is 0 Å². The molecule has 3 atom stereocenters. The van der Waals surface area contributed by atoms with E-state index in [1.165, 1.54) is 12.1 Å². The molecule has 0 bridgehead atoms. The largest absolute Gasteiger partial charge is 0.338 e. The first-order valence-electron chi connectivity index (χ1n) is 12.5. The Balaban J connectivity index is 1.65. The molecule has 2 aromatic carbocycles. The predicted octanol–water partition coefficient (Wildman–Crippen LogP) is 5.17. The zero-order valence-electron chi connectivity index (χ0n) is 21.9. The number of nitrogens with one attached hydrogen (secondary N) is 2. The molecule has 1 heterocycles. The van der Waals surface area contributed by atoms with Crippen molar-refractivity contribution in [3.05, 3.63) is 70.5 Å². The molecular formula is C28H38ClFN4O2. The van der Waals surface area contributed by atoms with Crippen molar-refractivity contribution in [1.82, 2.24) is 20.4 Å². The second-order valence-corrected chi connectivity index (χ2v) is 11.3. The van der Waals surface area contributed by atoms with Crippen LogP contribution in [0, 0.1) is 5.82 Å². The van der Waals surface area contributed by atoms with Crippen molar-refractivity contribution in [1.29, 1.82) is 0 Å². The van der Waals surface area contributed by atoms with Crippen LogP contribution in [0.15, 0.2) is 48.5 Å². The van der Waals surface area contributed by atoms with E-state index >= 15 is 0 Å². The van der Waals surface area contributed by atoms with Gasteiger partial charge < -0.3 is 15.5 Å². The van der Waals surface area contributed by atoms with Crippen LogP contribution in [0.2, 0.25) is 5.02 Å². The van der Waals surface area contributed by atoms with Gasteiger partial charge in [0, 0.05) is 61.2 Å². The van der Waals surface area contributed by atoms with Gasteiger partial charge in [-0.25, -0.2) is 9.18 Å². The third-order valence-corrected chi connectivity index (χ3v) is 6.75.